The molecule has 0 radical (unpaired) electrons. The van der Waals surface area contributed by atoms with Gasteiger partial charge >= 0.3 is 11.9 Å². The maximum Gasteiger partial charge on any atom is 0.396 e. The van der Waals surface area contributed by atoms with Crippen molar-refractivity contribution in [1.29, 1.82) is 0 Å². The molecular formula is C10H14N2O3. The molecular weight excluding hydrogens is 196 g/mol. The van der Waals surface area contributed by atoms with E-state index in [0.717, 1.165) is 6.42 Å². The van der Waals surface area contributed by atoms with Crippen molar-refractivity contribution < 1.29 is 13.9 Å². The van der Waals surface area contributed by atoms with Gasteiger partial charge in [-0.15, -0.1) is 10.2 Å². The summed E-state index contributed by atoms with van der Waals surface area (Å²) in [6, 6.07) is 0. The van der Waals surface area contributed by atoms with E-state index in [1.165, 1.54) is 19.3 Å². The number of hydrogen-bond donors (Lipinski definition) is 0. The second-order valence-corrected chi connectivity index (χ2v) is 3.72. The van der Waals surface area contributed by atoms with E-state index in [0.29, 0.717) is 18.4 Å². The van der Waals surface area contributed by atoms with E-state index in [1.54, 1.807) is 6.92 Å². The second-order valence-electron chi connectivity index (χ2n) is 3.72. The first kappa shape index (κ1) is 10.1. The van der Waals surface area contributed by atoms with Gasteiger partial charge in [-0.3, -0.25) is 0 Å². The highest BCUT2D eigenvalue weighted by Gasteiger charge is 2.22. The number of nitrogens with zero attached hydrogens (tertiary/aromatic N) is 2. The number of carbonyl (C=O) groups excluding carboxylic acids is 1. The van der Waals surface area contributed by atoms with Crippen LogP contribution in [0.4, 0.5) is 0 Å². The third kappa shape index (κ3) is 2.34. The van der Waals surface area contributed by atoms with E-state index < -0.39 is 5.97 Å². The summed E-state index contributed by atoms with van der Waals surface area (Å²) in [4.78, 5) is 11.2. The molecule has 15 heavy (non-hydrogen) atoms. The summed E-state index contributed by atoms with van der Waals surface area (Å²) >= 11 is 0. The van der Waals surface area contributed by atoms with E-state index in [-0.39, 0.29) is 5.89 Å². The first-order valence-corrected chi connectivity index (χ1v) is 5.29. The molecule has 1 saturated carbocycles. The molecule has 0 amide bonds. The Balaban J connectivity index is 1.93. The molecule has 0 aliphatic heterocycles. The number of hydrogen-bond acceptors (Lipinski definition) is 5. The Morgan fingerprint density at radius 1 is 1.53 bits per heavy atom. The molecule has 5 heteroatoms. The van der Waals surface area contributed by atoms with Crippen LogP contribution in [-0.2, 0) is 11.2 Å². The van der Waals surface area contributed by atoms with Crippen LogP contribution in [0.25, 0.3) is 0 Å². The van der Waals surface area contributed by atoms with Crippen LogP contribution in [0.15, 0.2) is 4.42 Å². The second kappa shape index (κ2) is 4.42. The minimum Gasteiger partial charge on any atom is -0.459 e. The van der Waals surface area contributed by atoms with Crippen LogP contribution in [0.2, 0.25) is 0 Å². The number of carbonyl (C=O) groups is 1. The monoisotopic (exact) mass is 210 g/mol. The van der Waals surface area contributed by atoms with E-state index in [2.05, 4.69) is 10.2 Å². The van der Waals surface area contributed by atoms with Gasteiger partial charge < -0.3 is 9.15 Å². The molecule has 0 atom stereocenters. The molecule has 1 aromatic heterocycles. The Labute approximate surface area is 87.8 Å². The zero-order chi connectivity index (χ0) is 10.7. The Kier molecular flexibility index (Phi) is 2.99. The molecule has 0 bridgehead atoms. The van der Waals surface area contributed by atoms with Gasteiger partial charge in [0.1, 0.15) is 0 Å². The molecule has 82 valence electrons. The van der Waals surface area contributed by atoms with Gasteiger partial charge in [0.05, 0.1) is 6.61 Å². The maximum absolute atomic E-state index is 11.2. The molecule has 2 rings (SSSR count). The maximum atomic E-state index is 11.2. The van der Waals surface area contributed by atoms with E-state index in [1.807, 2.05) is 0 Å². The Morgan fingerprint density at radius 3 is 2.93 bits per heavy atom. The van der Waals surface area contributed by atoms with E-state index >= 15 is 0 Å². The third-order valence-corrected chi connectivity index (χ3v) is 2.60. The van der Waals surface area contributed by atoms with Gasteiger partial charge in [-0.2, -0.15) is 0 Å². The smallest absolute Gasteiger partial charge is 0.396 e. The molecule has 1 aliphatic carbocycles. The van der Waals surface area contributed by atoms with Crippen molar-refractivity contribution in [3.63, 3.8) is 0 Å². The normalized spacial score (nSPS) is 16.1. The van der Waals surface area contributed by atoms with Crippen molar-refractivity contribution in [3.8, 4) is 0 Å². The fourth-order valence-corrected chi connectivity index (χ4v) is 1.56. The highest BCUT2D eigenvalue weighted by atomic mass is 16.5. The van der Waals surface area contributed by atoms with Gasteiger partial charge in [0, 0.05) is 6.42 Å². The fraction of sp³-hybridized carbons (Fsp3) is 0.700. The predicted octanol–water partition coefficient (Wildman–Crippen LogP) is 1.59. The lowest BCUT2D eigenvalue weighted by Gasteiger charge is -2.23. The average molecular weight is 210 g/mol. The number of rotatable bonds is 4. The number of aromatic nitrogens is 2. The molecule has 0 saturated heterocycles. The van der Waals surface area contributed by atoms with Crippen LogP contribution < -0.4 is 0 Å². The first-order valence-electron chi connectivity index (χ1n) is 5.29. The minimum atomic E-state index is -0.537. The summed E-state index contributed by atoms with van der Waals surface area (Å²) in [5.74, 6) is 0.624. The Bertz CT molecular complexity index is 344. The summed E-state index contributed by atoms with van der Waals surface area (Å²) in [7, 11) is 0. The summed E-state index contributed by atoms with van der Waals surface area (Å²) in [5, 5.41) is 7.48. The van der Waals surface area contributed by atoms with Crippen molar-refractivity contribution in [2.24, 2.45) is 5.92 Å². The standard InChI is InChI=1S/C10H14N2O3/c1-2-14-10(13)9-12-11-8(15-9)6-7-4-3-5-7/h7H,2-6H2,1H3. The van der Waals surface area contributed by atoms with Crippen molar-refractivity contribution in [1.82, 2.24) is 10.2 Å². The summed E-state index contributed by atoms with van der Waals surface area (Å²) in [6.07, 6.45) is 4.50. The summed E-state index contributed by atoms with van der Waals surface area (Å²) in [5.41, 5.74) is 0. The third-order valence-electron chi connectivity index (χ3n) is 2.60. The van der Waals surface area contributed by atoms with E-state index in [9.17, 15) is 4.79 Å². The SMILES string of the molecule is CCOC(=O)c1nnc(CC2CCC2)o1. The van der Waals surface area contributed by atoms with Crippen LogP contribution in [0.1, 0.15) is 42.8 Å². The van der Waals surface area contributed by atoms with Gasteiger partial charge in [-0.25, -0.2) is 4.79 Å². The van der Waals surface area contributed by atoms with Gasteiger partial charge in [-0.1, -0.05) is 6.42 Å². The van der Waals surface area contributed by atoms with Crippen LogP contribution in [0.5, 0.6) is 0 Å². The van der Waals surface area contributed by atoms with E-state index in [4.69, 9.17) is 9.15 Å². The van der Waals surface area contributed by atoms with Crippen LogP contribution in [0, 0.1) is 5.92 Å². The number of esters is 1. The Morgan fingerprint density at radius 2 is 2.33 bits per heavy atom. The van der Waals surface area contributed by atoms with Crippen molar-refractivity contribution in [3.05, 3.63) is 11.8 Å². The van der Waals surface area contributed by atoms with Gasteiger partial charge in [0.25, 0.3) is 0 Å². The molecule has 0 spiro atoms. The van der Waals surface area contributed by atoms with Crippen LogP contribution in [0.3, 0.4) is 0 Å². The lowest BCUT2D eigenvalue weighted by atomic mass is 9.83. The van der Waals surface area contributed by atoms with Crippen molar-refractivity contribution >= 4 is 5.97 Å². The summed E-state index contributed by atoms with van der Waals surface area (Å²) in [6.45, 7) is 2.06. The van der Waals surface area contributed by atoms with Gasteiger partial charge in [-0.05, 0) is 25.7 Å². The van der Waals surface area contributed by atoms with Crippen LogP contribution in [-0.4, -0.2) is 22.8 Å². The lowest BCUT2D eigenvalue weighted by molar-refractivity contribution is 0.0478. The molecule has 5 nitrogen and oxygen atoms in total. The van der Waals surface area contributed by atoms with Gasteiger partial charge in [0.15, 0.2) is 0 Å². The topological polar surface area (TPSA) is 65.2 Å². The minimum absolute atomic E-state index is 0.0360. The highest BCUT2D eigenvalue weighted by Crippen LogP contribution is 2.29. The highest BCUT2D eigenvalue weighted by molar-refractivity contribution is 5.83. The molecule has 1 aliphatic rings. The molecule has 0 unspecified atom stereocenters. The quantitative estimate of drug-likeness (QED) is 0.706. The zero-order valence-electron chi connectivity index (χ0n) is 8.73. The summed E-state index contributed by atoms with van der Waals surface area (Å²) < 4.78 is 9.96. The van der Waals surface area contributed by atoms with Crippen molar-refractivity contribution in [2.75, 3.05) is 6.61 Å². The lowest BCUT2D eigenvalue weighted by Crippen LogP contribution is -2.13. The Hall–Kier alpha value is -1.39. The molecule has 1 aromatic rings. The molecule has 1 fully saturated rings. The zero-order valence-corrected chi connectivity index (χ0v) is 8.73. The number of ether oxygens (including phenoxy) is 1. The predicted molar refractivity (Wildman–Crippen MR) is 51.3 cm³/mol. The molecule has 1 heterocycles. The van der Waals surface area contributed by atoms with Gasteiger partial charge in [0.2, 0.25) is 5.89 Å². The first-order chi connectivity index (χ1) is 7.29. The average Bonchev–Trinajstić information content (AvgIpc) is 2.60. The molecule has 0 aromatic carbocycles. The largest absolute Gasteiger partial charge is 0.459 e. The van der Waals surface area contributed by atoms with Crippen molar-refractivity contribution in [2.45, 2.75) is 32.6 Å². The van der Waals surface area contributed by atoms with Crippen LogP contribution >= 0.6 is 0 Å². The fourth-order valence-electron chi connectivity index (χ4n) is 1.56. The molecule has 0 N–H and O–H groups in total.